The predicted molar refractivity (Wildman–Crippen MR) is 112 cm³/mol. The van der Waals surface area contributed by atoms with Crippen molar-refractivity contribution >= 4 is 5.82 Å². The van der Waals surface area contributed by atoms with Gasteiger partial charge in [-0.3, -0.25) is 0 Å². The molecule has 7 heteroatoms. The van der Waals surface area contributed by atoms with Gasteiger partial charge < -0.3 is 25.2 Å². The summed E-state index contributed by atoms with van der Waals surface area (Å²) in [6.45, 7) is 2.32. The number of aromatic nitrogens is 2. The Kier molecular flexibility index (Phi) is 6.59. The van der Waals surface area contributed by atoms with E-state index >= 15 is 0 Å². The fourth-order valence-electron chi connectivity index (χ4n) is 3.52. The van der Waals surface area contributed by atoms with Crippen LogP contribution in [0.2, 0.25) is 0 Å². The van der Waals surface area contributed by atoms with Crippen LogP contribution in [0, 0.1) is 0 Å². The molecule has 1 aromatic carbocycles. The monoisotopic (exact) mass is 398 g/mol. The zero-order valence-electron chi connectivity index (χ0n) is 16.9. The summed E-state index contributed by atoms with van der Waals surface area (Å²) in [5, 5.41) is 16.4. The quantitative estimate of drug-likeness (QED) is 0.598. The van der Waals surface area contributed by atoms with Gasteiger partial charge in [0.15, 0.2) is 5.82 Å². The van der Waals surface area contributed by atoms with E-state index in [1.165, 1.54) is 12.8 Å². The number of aliphatic hydroxyl groups excluding tert-OH is 1. The summed E-state index contributed by atoms with van der Waals surface area (Å²) < 4.78 is 11.2. The van der Waals surface area contributed by atoms with E-state index in [4.69, 9.17) is 19.4 Å². The summed E-state index contributed by atoms with van der Waals surface area (Å²) in [6, 6.07) is 10.3. The Labute approximate surface area is 171 Å². The van der Waals surface area contributed by atoms with Crippen molar-refractivity contribution in [2.24, 2.45) is 0 Å². The SMILES string of the molecule is CNCC(O)COc1cccc(-c2nc(NC3CCOCC3)cc(C3CC3)n2)c1. The van der Waals surface area contributed by atoms with Crippen LogP contribution in [-0.4, -0.2) is 60.6 Å². The molecule has 1 unspecified atom stereocenters. The van der Waals surface area contributed by atoms with Crippen molar-refractivity contribution in [2.45, 2.75) is 43.7 Å². The van der Waals surface area contributed by atoms with Gasteiger partial charge >= 0.3 is 0 Å². The van der Waals surface area contributed by atoms with Crippen molar-refractivity contribution in [3.8, 4) is 17.1 Å². The van der Waals surface area contributed by atoms with Gasteiger partial charge in [0.05, 0.1) is 0 Å². The number of nitrogens with zero attached hydrogens (tertiary/aromatic N) is 2. The van der Waals surface area contributed by atoms with Crippen LogP contribution in [-0.2, 0) is 4.74 Å². The first-order valence-corrected chi connectivity index (χ1v) is 10.5. The third kappa shape index (κ3) is 5.65. The van der Waals surface area contributed by atoms with Crippen LogP contribution in [0.4, 0.5) is 5.82 Å². The molecular weight excluding hydrogens is 368 g/mol. The van der Waals surface area contributed by atoms with Crippen molar-refractivity contribution in [3.05, 3.63) is 36.0 Å². The van der Waals surface area contributed by atoms with Gasteiger partial charge in [0, 0.05) is 49.0 Å². The summed E-state index contributed by atoms with van der Waals surface area (Å²) in [7, 11) is 1.81. The number of ether oxygens (including phenoxy) is 2. The molecule has 0 spiro atoms. The van der Waals surface area contributed by atoms with Crippen LogP contribution in [0.25, 0.3) is 11.4 Å². The lowest BCUT2D eigenvalue weighted by atomic mass is 10.1. The molecule has 1 aliphatic heterocycles. The standard InChI is InChI=1S/C22H30N4O3/c1-23-13-18(27)14-29-19-4-2-3-16(11-19)22-25-20(15-5-6-15)12-21(26-22)24-17-7-9-28-10-8-17/h2-4,11-12,15,17-18,23,27H,5-10,13-14H2,1H3,(H,24,25,26). The van der Waals surface area contributed by atoms with E-state index in [-0.39, 0.29) is 6.61 Å². The van der Waals surface area contributed by atoms with Crippen LogP contribution in [0.5, 0.6) is 5.75 Å². The topological polar surface area (TPSA) is 88.5 Å². The molecule has 1 saturated heterocycles. The van der Waals surface area contributed by atoms with Crippen molar-refractivity contribution in [1.82, 2.24) is 15.3 Å². The van der Waals surface area contributed by atoms with Crippen molar-refractivity contribution in [3.63, 3.8) is 0 Å². The number of hydrogen-bond acceptors (Lipinski definition) is 7. The normalized spacial score (nSPS) is 18.4. The fourth-order valence-corrected chi connectivity index (χ4v) is 3.52. The van der Waals surface area contributed by atoms with Crippen LogP contribution < -0.4 is 15.4 Å². The molecule has 3 N–H and O–H groups in total. The molecule has 29 heavy (non-hydrogen) atoms. The van der Waals surface area contributed by atoms with Gasteiger partial charge in [-0.15, -0.1) is 0 Å². The predicted octanol–water partition coefficient (Wildman–Crippen LogP) is 2.57. The first-order valence-electron chi connectivity index (χ1n) is 10.5. The fraction of sp³-hybridized carbons (Fsp3) is 0.545. The lowest BCUT2D eigenvalue weighted by Crippen LogP contribution is -2.29. The molecule has 2 aromatic rings. The molecule has 2 heterocycles. The molecule has 1 atom stereocenters. The Morgan fingerprint density at radius 2 is 2.00 bits per heavy atom. The highest BCUT2D eigenvalue weighted by molar-refractivity contribution is 5.60. The van der Waals surface area contributed by atoms with Gasteiger partial charge in [-0.2, -0.15) is 0 Å². The van der Waals surface area contributed by atoms with E-state index in [1.807, 2.05) is 24.3 Å². The number of aliphatic hydroxyl groups is 1. The Morgan fingerprint density at radius 1 is 1.17 bits per heavy atom. The van der Waals surface area contributed by atoms with Gasteiger partial charge in [0.2, 0.25) is 0 Å². The minimum atomic E-state index is -0.548. The number of nitrogens with one attached hydrogen (secondary N) is 2. The third-order valence-corrected chi connectivity index (χ3v) is 5.29. The Hall–Kier alpha value is -2.22. The largest absolute Gasteiger partial charge is 0.491 e. The summed E-state index contributed by atoms with van der Waals surface area (Å²) in [6.07, 6.45) is 3.83. The maximum absolute atomic E-state index is 9.86. The van der Waals surface area contributed by atoms with E-state index in [1.54, 1.807) is 7.05 Å². The van der Waals surface area contributed by atoms with Gasteiger partial charge in [-0.05, 0) is 44.9 Å². The van der Waals surface area contributed by atoms with Crippen molar-refractivity contribution < 1.29 is 14.6 Å². The second-order valence-corrected chi connectivity index (χ2v) is 7.86. The van der Waals surface area contributed by atoms with E-state index in [9.17, 15) is 5.11 Å². The van der Waals surface area contributed by atoms with Gasteiger partial charge in [0.1, 0.15) is 24.3 Å². The average Bonchev–Trinajstić information content (AvgIpc) is 3.59. The third-order valence-electron chi connectivity index (χ3n) is 5.29. The first kappa shape index (κ1) is 20.1. The second-order valence-electron chi connectivity index (χ2n) is 7.86. The molecule has 2 fully saturated rings. The maximum atomic E-state index is 9.86. The van der Waals surface area contributed by atoms with E-state index in [0.717, 1.165) is 43.1 Å². The summed E-state index contributed by atoms with van der Waals surface area (Å²) in [4.78, 5) is 9.63. The maximum Gasteiger partial charge on any atom is 0.161 e. The Balaban J connectivity index is 1.52. The summed E-state index contributed by atoms with van der Waals surface area (Å²) in [5.74, 6) is 2.85. The smallest absolute Gasteiger partial charge is 0.161 e. The molecular formula is C22H30N4O3. The molecule has 1 saturated carbocycles. The highest BCUT2D eigenvalue weighted by atomic mass is 16.5. The average molecular weight is 399 g/mol. The lowest BCUT2D eigenvalue weighted by Gasteiger charge is -2.24. The Morgan fingerprint density at radius 3 is 2.76 bits per heavy atom. The van der Waals surface area contributed by atoms with Crippen LogP contribution in [0.1, 0.15) is 37.3 Å². The summed E-state index contributed by atoms with van der Waals surface area (Å²) >= 11 is 0. The Bertz CT molecular complexity index is 806. The molecule has 2 aliphatic rings. The molecule has 156 valence electrons. The number of likely N-dealkylation sites (N-methyl/N-ethyl adjacent to an activating group) is 1. The van der Waals surface area contributed by atoms with Crippen molar-refractivity contribution in [1.29, 1.82) is 0 Å². The van der Waals surface area contributed by atoms with Gasteiger partial charge in [-0.1, -0.05) is 12.1 Å². The molecule has 0 amide bonds. The van der Waals surface area contributed by atoms with Crippen molar-refractivity contribution in [2.75, 3.05) is 38.7 Å². The highest BCUT2D eigenvalue weighted by Crippen LogP contribution is 2.40. The lowest BCUT2D eigenvalue weighted by molar-refractivity contribution is 0.0904. The molecule has 1 aromatic heterocycles. The van der Waals surface area contributed by atoms with E-state index in [0.29, 0.717) is 30.1 Å². The zero-order valence-corrected chi connectivity index (χ0v) is 16.9. The number of rotatable bonds is 9. The number of anilines is 1. The number of benzene rings is 1. The molecule has 4 rings (SSSR count). The zero-order chi connectivity index (χ0) is 20.1. The molecule has 1 aliphatic carbocycles. The minimum Gasteiger partial charge on any atom is -0.491 e. The molecule has 7 nitrogen and oxygen atoms in total. The van der Waals surface area contributed by atoms with Crippen LogP contribution in [0.3, 0.4) is 0 Å². The van der Waals surface area contributed by atoms with E-state index in [2.05, 4.69) is 16.7 Å². The van der Waals surface area contributed by atoms with Crippen LogP contribution >= 0.6 is 0 Å². The van der Waals surface area contributed by atoms with E-state index < -0.39 is 6.10 Å². The molecule has 0 bridgehead atoms. The second kappa shape index (κ2) is 9.52. The highest BCUT2D eigenvalue weighted by Gasteiger charge is 2.27. The summed E-state index contributed by atoms with van der Waals surface area (Å²) in [5.41, 5.74) is 2.03. The van der Waals surface area contributed by atoms with Gasteiger partial charge in [0.25, 0.3) is 0 Å². The number of hydrogen-bond donors (Lipinski definition) is 3. The van der Waals surface area contributed by atoms with Crippen LogP contribution in [0.15, 0.2) is 30.3 Å². The minimum absolute atomic E-state index is 0.240. The molecule has 0 radical (unpaired) electrons. The first-order chi connectivity index (χ1) is 14.2. The van der Waals surface area contributed by atoms with Gasteiger partial charge in [-0.25, -0.2) is 9.97 Å².